The van der Waals surface area contributed by atoms with Crippen LogP contribution in [0.2, 0.25) is 0 Å². The molecule has 0 atom stereocenters. The minimum absolute atomic E-state index is 0.0976. The van der Waals surface area contributed by atoms with Crippen LogP contribution in [0.1, 0.15) is 6.42 Å². The van der Waals surface area contributed by atoms with Crippen LogP contribution in [0.25, 0.3) is 0 Å². The smallest absolute Gasteiger partial charge is 0.306 e. The van der Waals surface area contributed by atoms with Crippen molar-refractivity contribution in [2.75, 3.05) is 31.3 Å². The second-order valence-electron chi connectivity index (χ2n) is 2.10. The second kappa shape index (κ2) is 8.83. The van der Waals surface area contributed by atoms with Gasteiger partial charge in [-0.2, -0.15) is 11.8 Å². The largest absolute Gasteiger partial charge is 0.463 e. The standard InChI is InChI=1S/C7H15NO3S/c8-2-6-12-5-1-7(10)11-4-3-9/h9H,1-6,8H2. The van der Waals surface area contributed by atoms with Crippen LogP contribution in [-0.4, -0.2) is 42.3 Å². The number of hydrogen-bond acceptors (Lipinski definition) is 5. The summed E-state index contributed by atoms with van der Waals surface area (Å²) >= 11 is 1.63. The van der Waals surface area contributed by atoms with Gasteiger partial charge in [0, 0.05) is 18.1 Å². The highest BCUT2D eigenvalue weighted by Crippen LogP contribution is 2.01. The number of ether oxygens (including phenoxy) is 1. The zero-order valence-electron chi connectivity index (χ0n) is 6.99. The number of esters is 1. The zero-order chi connectivity index (χ0) is 9.23. The van der Waals surface area contributed by atoms with Gasteiger partial charge in [0.05, 0.1) is 13.0 Å². The maximum atomic E-state index is 10.8. The number of aliphatic hydroxyl groups excluding tert-OH is 1. The molecule has 72 valence electrons. The fourth-order valence-electron chi connectivity index (χ4n) is 0.573. The first-order valence-corrected chi connectivity index (χ1v) is 5.01. The van der Waals surface area contributed by atoms with Crippen LogP contribution < -0.4 is 5.73 Å². The summed E-state index contributed by atoms with van der Waals surface area (Å²) in [5, 5.41) is 8.33. The lowest BCUT2D eigenvalue weighted by molar-refractivity contribution is -0.144. The zero-order valence-corrected chi connectivity index (χ0v) is 7.81. The van der Waals surface area contributed by atoms with Crippen molar-refractivity contribution in [3.05, 3.63) is 0 Å². The Labute approximate surface area is 76.5 Å². The Morgan fingerprint density at radius 2 is 2.25 bits per heavy atom. The molecule has 0 rings (SSSR count). The van der Waals surface area contributed by atoms with Gasteiger partial charge in [-0.3, -0.25) is 4.79 Å². The number of aliphatic hydroxyl groups is 1. The Hall–Kier alpha value is -0.260. The van der Waals surface area contributed by atoms with Gasteiger partial charge in [0.2, 0.25) is 0 Å². The van der Waals surface area contributed by atoms with E-state index in [4.69, 9.17) is 10.8 Å². The first kappa shape index (κ1) is 11.7. The molecule has 0 aromatic carbocycles. The first-order valence-electron chi connectivity index (χ1n) is 3.85. The lowest BCUT2D eigenvalue weighted by Gasteiger charge is -2.01. The molecule has 3 N–H and O–H groups in total. The van der Waals surface area contributed by atoms with Gasteiger partial charge in [-0.1, -0.05) is 0 Å². The van der Waals surface area contributed by atoms with Crippen LogP contribution in [0.15, 0.2) is 0 Å². The van der Waals surface area contributed by atoms with Gasteiger partial charge in [0.1, 0.15) is 6.61 Å². The summed E-state index contributed by atoms with van der Waals surface area (Å²) in [6.07, 6.45) is 0.394. The maximum Gasteiger partial charge on any atom is 0.306 e. The average molecular weight is 193 g/mol. The molecule has 0 aromatic rings. The van der Waals surface area contributed by atoms with E-state index in [0.29, 0.717) is 13.0 Å². The molecule has 0 aliphatic heterocycles. The molecule has 4 nitrogen and oxygen atoms in total. The molecule has 12 heavy (non-hydrogen) atoms. The summed E-state index contributed by atoms with van der Waals surface area (Å²) in [6.45, 7) is 0.623. The molecular formula is C7H15NO3S. The first-order chi connectivity index (χ1) is 5.81. The Bertz CT molecular complexity index is 121. The predicted octanol–water partition coefficient (Wildman–Crippen LogP) is -0.396. The fourth-order valence-corrected chi connectivity index (χ4v) is 1.25. The van der Waals surface area contributed by atoms with Crippen LogP contribution in [-0.2, 0) is 9.53 Å². The van der Waals surface area contributed by atoms with Crippen LogP contribution in [0.4, 0.5) is 0 Å². The molecule has 0 saturated heterocycles. The molecule has 0 unspecified atom stereocenters. The van der Waals surface area contributed by atoms with E-state index < -0.39 is 0 Å². The van der Waals surface area contributed by atoms with E-state index in [1.165, 1.54) is 0 Å². The highest BCUT2D eigenvalue weighted by molar-refractivity contribution is 7.99. The highest BCUT2D eigenvalue weighted by Gasteiger charge is 2.00. The van der Waals surface area contributed by atoms with Crippen molar-refractivity contribution >= 4 is 17.7 Å². The van der Waals surface area contributed by atoms with Gasteiger partial charge in [-0.15, -0.1) is 0 Å². The molecule has 0 saturated carbocycles. The van der Waals surface area contributed by atoms with Gasteiger partial charge < -0.3 is 15.6 Å². The topological polar surface area (TPSA) is 72.6 Å². The number of nitrogens with two attached hydrogens (primary N) is 1. The van der Waals surface area contributed by atoms with Crippen molar-refractivity contribution in [2.45, 2.75) is 6.42 Å². The highest BCUT2D eigenvalue weighted by atomic mass is 32.2. The molecule has 5 heteroatoms. The number of carbonyl (C=O) groups is 1. The van der Waals surface area contributed by atoms with E-state index in [9.17, 15) is 4.79 Å². The van der Waals surface area contributed by atoms with Gasteiger partial charge in [-0.25, -0.2) is 0 Å². The molecule has 0 radical (unpaired) electrons. The molecule has 0 aliphatic carbocycles. The van der Waals surface area contributed by atoms with Crippen LogP contribution in [0, 0.1) is 0 Å². The normalized spacial score (nSPS) is 9.83. The summed E-state index contributed by atoms with van der Waals surface area (Å²) < 4.78 is 4.64. The lowest BCUT2D eigenvalue weighted by atomic mass is 10.5. The van der Waals surface area contributed by atoms with Crippen molar-refractivity contribution in [3.63, 3.8) is 0 Å². The van der Waals surface area contributed by atoms with Gasteiger partial charge in [0.15, 0.2) is 0 Å². The van der Waals surface area contributed by atoms with Crippen molar-refractivity contribution < 1.29 is 14.6 Å². The number of rotatable bonds is 7. The molecule has 0 aliphatic rings. The summed E-state index contributed by atoms with van der Waals surface area (Å²) in [5.74, 6) is 1.35. The fraction of sp³-hybridized carbons (Fsp3) is 0.857. The summed E-state index contributed by atoms with van der Waals surface area (Å²) in [6, 6.07) is 0. The molecule has 0 aromatic heterocycles. The summed E-state index contributed by atoms with van der Waals surface area (Å²) in [5.41, 5.74) is 5.26. The van der Waals surface area contributed by atoms with E-state index >= 15 is 0 Å². The molecule has 0 bridgehead atoms. The Morgan fingerprint density at radius 1 is 1.50 bits per heavy atom. The van der Waals surface area contributed by atoms with E-state index in [-0.39, 0.29) is 19.2 Å². The van der Waals surface area contributed by atoms with Crippen LogP contribution in [0.5, 0.6) is 0 Å². The van der Waals surface area contributed by atoms with Gasteiger partial charge in [0.25, 0.3) is 0 Å². The maximum absolute atomic E-state index is 10.8. The minimum atomic E-state index is -0.256. The summed E-state index contributed by atoms with van der Waals surface area (Å²) in [4.78, 5) is 10.8. The molecule has 0 spiro atoms. The Morgan fingerprint density at radius 3 is 2.83 bits per heavy atom. The predicted molar refractivity (Wildman–Crippen MR) is 49.0 cm³/mol. The summed E-state index contributed by atoms with van der Waals surface area (Å²) in [7, 11) is 0. The van der Waals surface area contributed by atoms with Crippen molar-refractivity contribution in [1.82, 2.24) is 0 Å². The molecular weight excluding hydrogens is 178 g/mol. The SMILES string of the molecule is NCCSCCC(=O)OCCO. The van der Waals surface area contributed by atoms with Crippen molar-refractivity contribution in [2.24, 2.45) is 5.73 Å². The Balaban J connectivity index is 3.08. The third-order valence-corrected chi connectivity index (χ3v) is 2.08. The minimum Gasteiger partial charge on any atom is -0.463 e. The third kappa shape index (κ3) is 7.84. The number of carbonyl (C=O) groups excluding carboxylic acids is 1. The number of thioether (sulfide) groups is 1. The van der Waals surface area contributed by atoms with E-state index in [2.05, 4.69) is 4.74 Å². The third-order valence-electron chi connectivity index (χ3n) is 1.07. The van der Waals surface area contributed by atoms with Gasteiger partial charge in [-0.05, 0) is 0 Å². The van der Waals surface area contributed by atoms with Crippen LogP contribution in [0.3, 0.4) is 0 Å². The monoisotopic (exact) mass is 193 g/mol. The lowest BCUT2D eigenvalue weighted by Crippen LogP contribution is -2.09. The van der Waals surface area contributed by atoms with E-state index in [0.717, 1.165) is 11.5 Å². The van der Waals surface area contributed by atoms with Crippen molar-refractivity contribution in [3.8, 4) is 0 Å². The van der Waals surface area contributed by atoms with Crippen molar-refractivity contribution in [1.29, 1.82) is 0 Å². The molecule has 0 heterocycles. The molecule has 0 fully saturated rings. The van der Waals surface area contributed by atoms with E-state index in [1.54, 1.807) is 11.8 Å². The van der Waals surface area contributed by atoms with E-state index in [1.807, 2.05) is 0 Å². The quantitative estimate of drug-likeness (QED) is 0.425. The van der Waals surface area contributed by atoms with Gasteiger partial charge >= 0.3 is 5.97 Å². The second-order valence-corrected chi connectivity index (χ2v) is 3.32. The molecule has 0 amide bonds. The number of hydrogen-bond donors (Lipinski definition) is 2. The Kier molecular flexibility index (Phi) is 8.64. The average Bonchev–Trinajstić information content (AvgIpc) is 2.09. The van der Waals surface area contributed by atoms with Crippen LogP contribution >= 0.6 is 11.8 Å².